The fraction of sp³-hybridized carbons (Fsp3) is 0.0714. The van der Waals surface area contributed by atoms with E-state index in [-0.39, 0.29) is 0 Å². The van der Waals surface area contributed by atoms with Crippen molar-refractivity contribution in [2.45, 2.75) is 6.42 Å². The van der Waals surface area contributed by atoms with E-state index in [9.17, 15) is 5.11 Å². The smallest absolute Gasteiger partial charge is 0.118 e. The van der Waals surface area contributed by atoms with Crippen molar-refractivity contribution in [1.82, 2.24) is 0 Å². The summed E-state index contributed by atoms with van der Waals surface area (Å²) in [6, 6.07) is 15.0. The van der Waals surface area contributed by atoms with Crippen LogP contribution >= 0.6 is 0 Å². The number of phenols is 1. The Morgan fingerprint density at radius 1 is 1.00 bits per heavy atom. The zero-order chi connectivity index (χ0) is 11.4. The van der Waals surface area contributed by atoms with Gasteiger partial charge in [0.2, 0.25) is 0 Å². The lowest BCUT2D eigenvalue weighted by atomic mass is 10.0. The summed E-state index contributed by atoms with van der Waals surface area (Å²) in [5.74, 6) is 0.342. The Morgan fingerprint density at radius 2 is 1.69 bits per heavy atom. The molecule has 0 atom stereocenters. The van der Waals surface area contributed by atoms with Crippen LogP contribution in [0.15, 0.2) is 48.5 Å². The molecule has 0 spiro atoms. The summed E-state index contributed by atoms with van der Waals surface area (Å²) in [4.78, 5) is 0. The summed E-state index contributed by atoms with van der Waals surface area (Å²) in [7, 11) is 0. The van der Waals surface area contributed by atoms with Gasteiger partial charge in [0.25, 0.3) is 0 Å². The molecule has 0 saturated carbocycles. The number of aromatic hydroxyl groups is 1. The predicted molar refractivity (Wildman–Crippen MR) is 66.1 cm³/mol. The molecule has 2 rings (SSSR count). The number of hydrogen-bond acceptors (Lipinski definition) is 2. The van der Waals surface area contributed by atoms with E-state index < -0.39 is 0 Å². The third kappa shape index (κ3) is 2.54. The van der Waals surface area contributed by atoms with Crippen LogP contribution in [0.4, 0.5) is 5.69 Å². The van der Waals surface area contributed by atoms with Gasteiger partial charge < -0.3 is 10.8 Å². The average Bonchev–Trinajstić information content (AvgIpc) is 2.30. The number of nitrogens with two attached hydrogens (primary N) is 1. The van der Waals surface area contributed by atoms with Crippen LogP contribution in [0.1, 0.15) is 11.1 Å². The first-order valence-electron chi connectivity index (χ1n) is 5.21. The van der Waals surface area contributed by atoms with Crippen LogP contribution in [0.25, 0.3) is 0 Å². The number of para-hydroxylation sites is 1. The molecule has 0 unspecified atom stereocenters. The van der Waals surface area contributed by atoms with E-state index in [1.165, 1.54) is 0 Å². The Labute approximate surface area is 95.4 Å². The van der Waals surface area contributed by atoms with Crippen LogP contribution in [0, 0.1) is 6.42 Å². The Kier molecular flexibility index (Phi) is 3.10. The van der Waals surface area contributed by atoms with Crippen LogP contribution in [-0.4, -0.2) is 5.11 Å². The highest BCUT2D eigenvalue weighted by atomic mass is 16.3. The lowest BCUT2D eigenvalue weighted by Gasteiger charge is -2.04. The highest BCUT2D eigenvalue weighted by molar-refractivity contribution is 5.42. The summed E-state index contributed by atoms with van der Waals surface area (Å²) >= 11 is 0. The second-order valence-electron chi connectivity index (χ2n) is 3.70. The zero-order valence-electron chi connectivity index (χ0n) is 8.93. The number of phenolic OH excluding ortho intramolecular Hbond substituents is 1. The minimum absolute atomic E-state index is 0.342. The Bertz CT molecular complexity index is 462. The molecule has 0 aliphatic heterocycles. The monoisotopic (exact) mass is 212 g/mol. The van der Waals surface area contributed by atoms with E-state index in [0.717, 1.165) is 23.2 Å². The van der Waals surface area contributed by atoms with Crippen LogP contribution in [0.2, 0.25) is 0 Å². The Hall–Kier alpha value is -1.96. The maximum absolute atomic E-state index is 9.59. The van der Waals surface area contributed by atoms with E-state index in [1.54, 1.807) is 6.07 Å². The van der Waals surface area contributed by atoms with Crippen LogP contribution in [-0.2, 0) is 6.42 Å². The molecular formula is C14H14NO. The van der Waals surface area contributed by atoms with Crippen LogP contribution in [0.5, 0.6) is 5.75 Å². The normalized spacial score (nSPS) is 10.2. The van der Waals surface area contributed by atoms with Crippen molar-refractivity contribution in [3.8, 4) is 5.75 Å². The fourth-order valence-corrected chi connectivity index (χ4v) is 1.54. The molecule has 2 aromatic rings. The molecule has 0 aromatic heterocycles. The molecule has 2 heteroatoms. The lowest BCUT2D eigenvalue weighted by molar-refractivity contribution is 0.469. The van der Waals surface area contributed by atoms with Crippen molar-refractivity contribution in [1.29, 1.82) is 0 Å². The van der Waals surface area contributed by atoms with Gasteiger partial charge >= 0.3 is 0 Å². The number of rotatable bonds is 3. The summed E-state index contributed by atoms with van der Waals surface area (Å²) in [5.41, 5.74) is 8.41. The quantitative estimate of drug-likeness (QED) is 0.768. The van der Waals surface area contributed by atoms with E-state index >= 15 is 0 Å². The fourth-order valence-electron chi connectivity index (χ4n) is 1.54. The SMILES string of the molecule is Nc1ccc([CH]Cc2ccccc2O)cc1. The molecule has 0 aliphatic rings. The first-order chi connectivity index (χ1) is 7.75. The number of hydrogen-bond donors (Lipinski definition) is 2. The van der Waals surface area contributed by atoms with Gasteiger partial charge in [-0.3, -0.25) is 0 Å². The van der Waals surface area contributed by atoms with Gasteiger partial charge in [-0.2, -0.15) is 0 Å². The molecule has 0 saturated heterocycles. The van der Waals surface area contributed by atoms with Crippen molar-refractivity contribution in [2.24, 2.45) is 0 Å². The number of benzene rings is 2. The van der Waals surface area contributed by atoms with Gasteiger partial charge in [0, 0.05) is 5.69 Å². The van der Waals surface area contributed by atoms with Crippen molar-refractivity contribution >= 4 is 5.69 Å². The largest absolute Gasteiger partial charge is 0.508 e. The Morgan fingerprint density at radius 3 is 2.38 bits per heavy atom. The Balaban J connectivity index is 2.02. The van der Waals surface area contributed by atoms with Gasteiger partial charge in [0.05, 0.1) is 0 Å². The van der Waals surface area contributed by atoms with Crippen molar-refractivity contribution in [3.63, 3.8) is 0 Å². The average molecular weight is 212 g/mol. The highest BCUT2D eigenvalue weighted by Crippen LogP contribution is 2.19. The lowest BCUT2D eigenvalue weighted by Crippen LogP contribution is -1.90. The molecular weight excluding hydrogens is 198 g/mol. The predicted octanol–water partition coefficient (Wildman–Crippen LogP) is 2.77. The van der Waals surface area contributed by atoms with Gasteiger partial charge in [0.1, 0.15) is 5.75 Å². The first-order valence-corrected chi connectivity index (χ1v) is 5.21. The van der Waals surface area contributed by atoms with E-state index in [1.807, 2.05) is 42.5 Å². The molecule has 0 bridgehead atoms. The van der Waals surface area contributed by atoms with E-state index in [4.69, 9.17) is 5.73 Å². The van der Waals surface area contributed by atoms with Gasteiger partial charge in [-0.15, -0.1) is 0 Å². The second kappa shape index (κ2) is 4.71. The molecule has 2 nitrogen and oxygen atoms in total. The van der Waals surface area contributed by atoms with Crippen molar-refractivity contribution < 1.29 is 5.11 Å². The molecule has 1 radical (unpaired) electrons. The third-order valence-corrected chi connectivity index (χ3v) is 2.49. The minimum atomic E-state index is 0.342. The molecule has 81 valence electrons. The highest BCUT2D eigenvalue weighted by Gasteiger charge is 2.00. The van der Waals surface area contributed by atoms with Gasteiger partial charge in [0.15, 0.2) is 0 Å². The summed E-state index contributed by atoms with van der Waals surface area (Å²) in [6.07, 6.45) is 2.78. The molecule has 16 heavy (non-hydrogen) atoms. The molecule has 0 fully saturated rings. The third-order valence-electron chi connectivity index (χ3n) is 2.49. The molecule has 2 aromatic carbocycles. The van der Waals surface area contributed by atoms with E-state index in [2.05, 4.69) is 6.42 Å². The van der Waals surface area contributed by atoms with Crippen molar-refractivity contribution in [3.05, 3.63) is 66.1 Å². The maximum atomic E-state index is 9.59. The molecule has 0 heterocycles. The van der Waals surface area contributed by atoms with Crippen LogP contribution < -0.4 is 5.73 Å². The topological polar surface area (TPSA) is 46.2 Å². The van der Waals surface area contributed by atoms with Gasteiger partial charge in [-0.1, -0.05) is 30.3 Å². The number of nitrogen functional groups attached to an aromatic ring is 1. The van der Waals surface area contributed by atoms with E-state index in [0.29, 0.717) is 5.75 Å². The number of anilines is 1. The molecule has 3 N–H and O–H groups in total. The molecule has 0 aliphatic carbocycles. The maximum Gasteiger partial charge on any atom is 0.118 e. The van der Waals surface area contributed by atoms with Crippen molar-refractivity contribution in [2.75, 3.05) is 5.73 Å². The van der Waals surface area contributed by atoms with Gasteiger partial charge in [-0.05, 0) is 42.2 Å². The summed E-state index contributed by atoms with van der Waals surface area (Å²) < 4.78 is 0. The minimum Gasteiger partial charge on any atom is -0.508 e. The van der Waals surface area contributed by atoms with Crippen LogP contribution in [0.3, 0.4) is 0 Å². The standard InChI is InChI=1S/C14H14NO/c15-13-9-6-11(7-10-13)5-8-12-3-1-2-4-14(12)16/h1-7,9-10,16H,8,15H2. The summed E-state index contributed by atoms with van der Waals surface area (Å²) in [5, 5.41) is 9.59. The second-order valence-corrected chi connectivity index (χ2v) is 3.70. The first kappa shape index (κ1) is 10.6. The molecule has 0 amide bonds. The summed E-state index contributed by atoms with van der Waals surface area (Å²) in [6.45, 7) is 0. The van der Waals surface area contributed by atoms with Gasteiger partial charge in [-0.25, -0.2) is 0 Å². The zero-order valence-corrected chi connectivity index (χ0v) is 8.93.